The van der Waals surface area contributed by atoms with Crippen LogP contribution in [0.15, 0.2) is 83.8 Å². The van der Waals surface area contributed by atoms with Gasteiger partial charge in [0.15, 0.2) is 0 Å². The second kappa shape index (κ2) is 15.1. The fraction of sp³-hybridized carbons (Fsp3) is 0.257. The number of pyridine rings is 1. The molecule has 5 aromatic rings. The average Bonchev–Trinajstić information content (AvgIpc) is 3.42. The van der Waals surface area contributed by atoms with Crippen molar-refractivity contribution in [3.8, 4) is 27.7 Å². The van der Waals surface area contributed by atoms with Crippen molar-refractivity contribution in [2.75, 3.05) is 35.0 Å². The number of hydrogen-bond acceptors (Lipinski definition) is 8. The Bertz CT molecular complexity index is 1830. The monoisotopic (exact) mass is 648 g/mol. The van der Waals surface area contributed by atoms with E-state index in [1.54, 1.807) is 34.4 Å². The van der Waals surface area contributed by atoms with E-state index in [1.165, 1.54) is 11.3 Å². The predicted molar refractivity (Wildman–Crippen MR) is 182 cm³/mol. The van der Waals surface area contributed by atoms with Gasteiger partial charge < -0.3 is 23.5 Å². The summed E-state index contributed by atoms with van der Waals surface area (Å²) in [6.07, 6.45) is 1.62. The van der Waals surface area contributed by atoms with Crippen LogP contribution in [-0.2, 0) is 24.4 Å². The van der Waals surface area contributed by atoms with E-state index in [2.05, 4.69) is 4.90 Å². The van der Waals surface area contributed by atoms with Gasteiger partial charge in [0.1, 0.15) is 27.6 Å². The van der Waals surface area contributed by atoms with Crippen molar-refractivity contribution in [1.82, 2.24) is 9.47 Å². The van der Waals surface area contributed by atoms with Crippen LogP contribution in [0.1, 0.15) is 34.0 Å². The molecule has 0 spiro atoms. The number of nitrogens with zero attached hydrogens (tertiary/aromatic N) is 2. The Kier molecular flexibility index (Phi) is 11.3. The zero-order valence-corrected chi connectivity index (χ0v) is 27.6. The molecule has 0 N–H and O–H groups in total. The molecule has 236 valence electrons. The minimum atomic E-state index is -0.640. The minimum absolute atomic E-state index is 0. The summed E-state index contributed by atoms with van der Waals surface area (Å²) in [5.74, 6) is 1.62. The van der Waals surface area contributed by atoms with Crippen LogP contribution in [0.3, 0.4) is 0 Å². The first-order valence-corrected chi connectivity index (χ1v) is 15.1. The van der Waals surface area contributed by atoms with Crippen LogP contribution in [0.2, 0.25) is 0 Å². The third kappa shape index (κ3) is 7.17. The standard InChI is InChI=1S/C35H36N2O6S.ClH/c1-6-43-35(39)28-22-37(20-25-12-8-10-14-30(25)42-5)34-31(32(28)38)27(33(44-34)23-15-17-26(40-3)18-16-23)21-36(2)19-24-11-7-9-13-29(24)41-4;/h7-18,22H,6,19-21H2,1-5H3;1H. The molecule has 0 amide bonds. The summed E-state index contributed by atoms with van der Waals surface area (Å²) < 4.78 is 23.9. The third-order valence-electron chi connectivity index (χ3n) is 7.45. The number of carbonyl (C=O) groups is 1. The van der Waals surface area contributed by atoms with Gasteiger partial charge in [-0.25, -0.2) is 4.79 Å². The first-order valence-electron chi connectivity index (χ1n) is 14.3. The Morgan fingerprint density at radius 3 is 2.09 bits per heavy atom. The summed E-state index contributed by atoms with van der Waals surface area (Å²) in [6, 6.07) is 23.4. The summed E-state index contributed by atoms with van der Waals surface area (Å²) in [4.78, 5) is 31.2. The second-order valence-electron chi connectivity index (χ2n) is 10.3. The Morgan fingerprint density at radius 2 is 1.47 bits per heavy atom. The molecule has 0 atom stereocenters. The van der Waals surface area contributed by atoms with Gasteiger partial charge >= 0.3 is 5.97 Å². The van der Waals surface area contributed by atoms with Crippen LogP contribution in [-0.4, -0.2) is 50.4 Å². The highest BCUT2D eigenvalue weighted by atomic mass is 35.5. The second-order valence-corrected chi connectivity index (χ2v) is 11.3. The molecule has 0 aliphatic carbocycles. The molecule has 2 aromatic heterocycles. The predicted octanol–water partition coefficient (Wildman–Crippen LogP) is 7.03. The quantitative estimate of drug-likeness (QED) is 0.134. The van der Waals surface area contributed by atoms with Gasteiger partial charge in [-0.2, -0.15) is 0 Å². The summed E-state index contributed by atoms with van der Waals surface area (Å²) in [5, 5.41) is 0.508. The number of carbonyl (C=O) groups excluding carboxylic acids is 1. The molecule has 0 bridgehead atoms. The molecule has 0 unspecified atom stereocenters. The van der Waals surface area contributed by atoms with Crippen molar-refractivity contribution in [3.63, 3.8) is 0 Å². The number of esters is 1. The summed E-state index contributed by atoms with van der Waals surface area (Å²) in [7, 11) is 6.94. The van der Waals surface area contributed by atoms with Crippen LogP contribution in [0.5, 0.6) is 17.2 Å². The van der Waals surface area contributed by atoms with E-state index < -0.39 is 5.97 Å². The molecule has 0 saturated carbocycles. The number of thiophene rings is 1. The number of para-hydroxylation sites is 2. The van der Waals surface area contributed by atoms with Crippen molar-refractivity contribution >= 4 is 39.9 Å². The van der Waals surface area contributed by atoms with Crippen molar-refractivity contribution in [1.29, 1.82) is 0 Å². The van der Waals surface area contributed by atoms with Crippen LogP contribution < -0.4 is 19.6 Å². The number of aromatic nitrogens is 1. The van der Waals surface area contributed by atoms with Crippen LogP contribution in [0.4, 0.5) is 0 Å². The lowest BCUT2D eigenvalue weighted by Crippen LogP contribution is -2.23. The summed E-state index contributed by atoms with van der Waals surface area (Å²) in [5.41, 5.74) is 3.41. The number of rotatable bonds is 12. The van der Waals surface area contributed by atoms with Crippen LogP contribution >= 0.6 is 23.7 Å². The number of halogens is 1. The first-order chi connectivity index (χ1) is 21.4. The van der Waals surface area contributed by atoms with Crippen molar-refractivity contribution in [3.05, 3.63) is 111 Å². The van der Waals surface area contributed by atoms with E-state index in [-0.39, 0.29) is 30.0 Å². The number of methoxy groups -OCH3 is 3. The van der Waals surface area contributed by atoms with E-state index in [9.17, 15) is 9.59 Å². The molecule has 0 fully saturated rings. The van der Waals surface area contributed by atoms with Crippen molar-refractivity contribution < 1.29 is 23.7 Å². The smallest absolute Gasteiger partial charge is 0.343 e. The Hall–Kier alpha value is -4.31. The van der Waals surface area contributed by atoms with Crippen molar-refractivity contribution in [2.45, 2.75) is 26.6 Å². The highest BCUT2D eigenvalue weighted by Gasteiger charge is 2.25. The largest absolute Gasteiger partial charge is 0.497 e. The minimum Gasteiger partial charge on any atom is -0.497 e. The topological polar surface area (TPSA) is 79.2 Å². The van der Waals surface area contributed by atoms with Crippen LogP contribution in [0.25, 0.3) is 20.7 Å². The summed E-state index contributed by atoms with van der Waals surface area (Å²) in [6.45, 7) is 3.34. The van der Waals surface area contributed by atoms with Gasteiger partial charge in [-0.3, -0.25) is 9.69 Å². The van der Waals surface area contributed by atoms with Gasteiger partial charge in [0.2, 0.25) is 5.43 Å². The Morgan fingerprint density at radius 1 is 0.844 bits per heavy atom. The molecule has 3 aromatic carbocycles. The van der Waals surface area contributed by atoms with E-state index in [0.29, 0.717) is 25.0 Å². The maximum atomic E-state index is 14.2. The highest BCUT2D eigenvalue weighted by molar-refractivity contribution is 7.22. The molecule has 5 rings (SSSR count). The molecule has 10 heteroatoms. The maximum absolute atomic E-state index is 14.2. The molecular formula is C35H37ClN2O6S. The zero-order chi connectivity index (χ0) is 31.2. The van der Waals surface area contributed by atoms with E-state index >= 15 is 0 Å². The molecular weight excluding hydrogens is 612 g/mol. The van der Waals surface area contributed by atoms with Gasteiger partial charge in [-0.15, -0.1) is 23.7 Å². The lowest BCUT2D eigenvalue weighted by Gasteiger charge is -2.19. The number of ether oxygens (including phenoxy) is 4. The molecule has 0 radical (unpaired) electrons. The third-order valence-corrected chi connectivity index (χ3v) is 8.77. The van der Waals surface area contributed by atoms with Gasteiger partial charge in [0.05, 0.1) is 39.9 Å². The van der Waals surface area contributed by atoms with Gasteiger partial charge in [-0.1, -0.05) is 36.4 Å². The SMILES string of the molecule is CCOC(=O)c1cn(Cc2ccccc2OC)c2sc(-c3ccc(OC)cc3)c(CN(C)Cc3ccccc3OC)c2c1=O.Cl. The maximum Gasteiger partial charge on any atom is 0.343 e. The highest BCUT2D eigenvalue weighted by Crippen LogP contribution is 2.39. The van der Waals surface area contributed by atoms with Gasteiger partial charge in [-0.05, 0) is 61.5 Å². The van der Waals surface area contributed by atoms with Crippen molar-refractivity contribution in [2.24, 2.45) is 0 Å². The lowest BCUT2D eigenvalue weighted by molar-refractivity contribution is 0.0524. The zero-order valence-electron chi connectivity index (χ0n) is 26.0. The molecule has 45 heavy (non-hydrogen) atoms. The molecule has 0 saturated heterocycles. The Labute approximate surface area is 273 Å². The first kappa shape index (κ1) is 33.6. The fourth-order valence-corrected chi connectivity index (χ4v) is 6.65. The van der Waals surface area contributed by atoms with Crippen LogP contribution in [0, 0.1) is 0 Å². The number of benzene rings is 3. The fourth-order valence-electron chi connectivity index (χ4n) is 5.36. The molecule has 0 aliphatic rings. The normalized spacial score (nSPS) is 10.9. The van der Waals surface area contributed by atoms with E-state index in [0.717, 1.165) is 49.2 Å². The van der Waals surface area contributed by atoms with E-state index in [4.69, 9.17) is 18.9 Å². The van der Waals surface area contributed by atoms with Gasteiger partial charge in [0, 0.05) is 35.3 Å². The summed E-state index contributed by atoms with van der Waals surface area (Å²) >= 11 is 1.53. The molecule has 0 aliphatic heterocycles. The lowest BCUT2D eigenvalue weighted by atomic mass is 10.0. The average molecular weight is 649 g/mol. The van der Waals surface area contributed by atoms with Gasteiger partial charge in [0.25, 0.3) is 0 Å². The van der Waals surface area contributed by atoms with E-state index in [1.807, 2.05) is 84.4 Å². The Balaban J connectivity index is 0.00000461. The number of fused-ring (bicyclic) bond motifs is 1. The molecule has 2 heterocycles. The molecule has 8 nitrogen and oxygen atoms in total. The number of hydrogen-bond donors (Lipinski definition) is 0.